The summed E-state index contributed by atoms with van der Waals surface area (Å²) in [5.74, 6) is 0.962. The lowest BCUT2D eigenvalue weighted by Gasteiger charge is -2.28. The first-order valence-electron chi connectivity index (χ1n) is 7.58. The van der Waals surface area contributed by atoms with Crippen LogP contribution in [0.4, 0.5) is 0 Å². The van der Waals surface area contributed by atoms with E-state index in [0.717, 1.165) is 12.0 Å². The summed E-state index contributed by atoms with van der Waals surface area (Å²) in [4.78, 5) is 0. The molecule has 0 bridgehead atoms. The van der Waals surface area contributed by atoms with Crippen molar-refractivity contribution in [2.75, 3.05) is 6.54 Å². The van der Waals surface area contributed by atoms with E-state index in [2.05, 4.69) is 19.2 Å². The maximum absolute atomic E-state index is 3.73. The van der Waals surface area contributed by atoms with E-state index in [-0.39, 0.29) is 0 Å². The van der Waals surface area contributed by atoms with Crippen LogP contribution in [0.1, 0.15) is 78.1 Å². The van der Waals surface area contributed by atoms with E-state index in [1.165, 1.54) is 70.8 Å². The third kappa shape index (κ3) is 5.89. The Labute approximate surface area is 102 Å². The average Bonchev–Trinajstić information content (AvgIpc) is 2.34. The summed E-state index contributed by atoms with van der Waals surface area (Å²) in [6.07, 6.45) is 14.3. The molecule has 1 nitrogen and oxygen atoms in total. The Morgan fingerprint density at radius 3 is 2.38 bits per heavy atom. The van der Waals surface area contributed by atoms with Crippen LogP contribution in [0.5, 0.6) is 0 Å². The summed E-state index contributed by atoms with van der Waals surface area (Å²) in [6, 6.07) is 0.756. The van der Waals surface area contributed by atoms with E-state index in [1.54, 1.807) is 0 Å². The average molecular weight is 225 g/mol. The van der Waals surface area contributed by atoms with Gasteiger partial charge in [0.1, 0.15) is 0 Å². The summed E-state index contributed by atoms with van der Waals surface area (Å²) in [6.45, 7) is 5.91. The molecule has 1 atom stereocenters. The third-order valence-electron chi connectivity index (χ3n) is 4.10. The topological polar surface area (TPSA) is 12.0 Å². The van der Waals surface area contributed by atoms with Crippen LogP contribution in [0.15, 0.2) is 0 Å². The molecule has 0 aliphatic heterocycles. The van der Waals surface area contributed by atoms with Gasteiger partial charge in [0.25, 0.3) is 0 Å². The number of hydrogen-bond acceptors (Lipinski definition) is 1. The van der Waals surface area contributed by atoms with Crippen LogP contribution in [0, 0.1) is 5.92 Å². The van der Waals surface area contributed by atoms with Gasteiger partial charge in [-0.3, -0.25) is 0 Å². The second kappa shape index (κ2) is 9.04. The second-order valence-corrected chi connectivity index (χ2v) is 5.56. The summed E-state index contributed by atoms with van der Waals surface area (Å²) in [7, 11) is 0. The molecule has 1 aliphatic rings. The number of rotatable bonds is 8. The lowest BCUT2D eigenvalue weighted by molar-refractivity contribution is 0.281. The molecular formula is C15H31N. The molecule has 0 spiro atoms. The molecule has 0 heterocycles. The number of nitrogens with one attached hydrogen (secondary N) is 1. The van der Waals surface area contributed by atoms with Gasteiger partial charge in [-0.1, -0.05) is 51.9 Å². The van der Waals surface area contributed by atoms with Crippen LogP contribution in [0.3, 0.4) is 0 Å². The second-order valence-electron chi connectivity index (χ2n) is 5.56. The molecule has 1 fully saturated rings. The molecule has 1 N–H and O–H groups in total. The largest absolute Gasteiger partial charge is 0.314 e. The fraction of sp³-hybridized carbons (Fsp3) is 1.00. The zero-order valence-corrected chi connectivity index (χ0v) is 11.4. The van der Waals surface area contributed by atoms with Crippen LogP contribution in [0.2, 0.25) is 0 Å². The van der Waals surface area contributed by atoms with Crippen LogP contribution in [-0.2, 0) is 0 Å². The maximum atomic E-state index is 3.73. The first-order chi connectivity index (χ1) is 7.84. The fourth-order valence-electron chi connectivity index (χ4n) is 2.86. The Bertz CT molecular complexity index is 150. The molecule has 0 amide bonds. The fourth-order valence-corrected chi connectivity index (χ4v) is 2.86. The Balaban J connectivity index is 1.94. The SMILES string of the molecule is CCCCCCCNC(C)C1CCCCC1. The van der Waals surface area contributed by atoms with Crippen molar-refractivity contribution in [2.24, 2.45) is 5.92 Å². The van der Waals surface area contributed by atoms with Gasteiger partial charge in [-0.2, -0.15) is 0 Å². The highest BCUT2D eigenvalue weighted by atomic mass is 14.9. The number of unbranched alkanes of at least 4 members (excludes halogenated alkanes) is 4. The molecule has 1 unspecified atom stereocenters. The van der Waals surface area contributed by atoms with Crippen LogP contribution < -0.4 is 5.32 Å². The van der Waals surface area contributed by atoms with Crippen molar-refractivity contribution in [1.29, 1.82) is 0 Å². The molecule has 16 heavy (non-hydrogen) atoms. The van der Waals surface area contributed by atoms with E-state index in [1.807, 2.05) is 0 Å². The van der Waals surface area contributed by atoms with Gasteiger partial charge in [-0.15, -0.1) is 0 Å². The van der Waals surface area contributed by atoms with Crippen molar-refractivity contribution < 1.29 is 0 Å². The molecule has 1 saturated carbocycles. The summed E-state index contributed by atoms with van der Waals surface area (Å²) < 4.78 is 0. The van der Waals surface area contributed by atoms with Crippen molar-refractivity contribution >= 4 is 0 Å². The van der Waals surface area contributed by atoms with Gasteiger partial charge in [0.15, 0.2) is 0 Å². The van der Waals surface area contributed by atoms with Crippen molar-refractivity contribution in [3.8, 4) is 0 Å². The molecular weight excluding hydrogens is 194 g/mol. The van der Waals surface area contributed by atoms with Crippen molar-refractivity contribution in [3.63, 3.8) is 0 Å². The molecule has 0 aromatic heterocycles. The van der Waals surface area contributed by atoms with E-state index in [9.17, 15) is 0 Å². The molecule has 1 rings (SSSR count). The molecule has 1 aliphatic carbocycles. The summed E-state index contributed by atoms with van der Waals surface area (Å²) >= 11 is 0. The van der Waals surface area contributed by atoms with Crippen molar-refractivity contribution in [1.82, 2.24) is 5.32 Å². The monoisotopic (exact) mass is 225 g/mol. The van der Waals surface area contributed by atoms with Gasteiger partial charge >= 0.3 is 0 Å². The zero-order chi connectivity index (χ0) is 11.6. The Kier molecular flexibility index (Phi) is 7.92. The van der Waals surface area contributed by atoms with Gasteiger partial charge in [0, 0.05) is 6.04 Å². The number of hydrogen-bond donors (Lipinski definition) is 1. The molecule has 96 valence electrons. The Morgan fingerprint density at radius 2 is 1.69 bits per heavy atom. The van der Waals surface area contributed by atoms with Gasteiger partial charge in [-0.25, -0.2) is 0 Å². The third-order valence-corrected chi connectivity index (χ3v) is 4.10. The molecule has 0 radical (unpaired) electrons. The first kappa shape index (κ1) is 14.0. The highest BCUT2D eigenvalue weighted by molar-refractivity contribution is 4.75. The lowest BCUT2D eigenvalue weighted by Crippen LogP contribution is -2.35. The van der Waals surface area contributed by atoms with Crippen LogP contribution >= 0.6 is 0 Å². The first-order valence-corrected chi connectivity index (χ1v) is 7.58. The van der Waals surface area contributed by atoms with E-state index in [4.69, 9.17) is 0 Å². The normalized spacial score (nSPS) is 19.9. The summed E-state index contributed by atoms with van der Waals surface area (Å²) in [5, 5.41) is 3.73. The zero-order valence-electron chi connectivity index (χ0n) is 11.4. The van der Waals surface area contributed by atoms with Crippen molar-refractivity contribution in [2.45, 2.75) is 84.1 Å². The minimum atomic E-state index is 0.756. The van der Waals surface area contributed by atoms with Gasteiger partial charge in [0.05, 0.1) is 0 Å². The standard InChI is InChI=1S/C15H31N/c1-3-4-5-6-10-13-16-14(2)15-11-8-7-9-12-15/h14-16H,3-13H2,1-2H3. The van der Waals surface area contributed by atoms with Crippen molar-refractivity contribution in [3.05, 3.63) is 0 Å². The van der Waals surface area contributed by atoms with E-state index < -0.39 is 0 Å². The maximum Gasteiger partial charge on any atom is 0.00669 e. The van der Waals surface area contributed by atoms with Gasteiger partial charge < -0.3 is 5.32 Å². The van der Waals surface area contributed by atoms with Gasteiger partial charge in [-0.05, 0) is 38.6 Å². The summed E-state index contributed by atoms with van der Waals surface area (Å²) in [5.41, 5.74) is 0. The Hall–Kier alpha value is -0.0400. The minimum Gasteiger partial charge on any atom is -0.314 e. The minimum absolute atomic E-state index is 0.756. The predicted octanol–water partition coefficient (Wildman–Crippen LogP) is 4.52. The van der Waals surface area contributed by atoms with Crippen LogP contribution in [-0.4, -0.2) is 12.6 Å². The highest BCUT2D eigenvalue weighted by Crippen LogP contribution is 2.26. The molecule has 1 heteroatoms. The molecule has 0 aromatic carbocycles. The Morgan fingerprint density at radius 1 is 1.00 bits per heavy atom. The highest BCUT2D eigenvalue weighted by Gasteiger charge is 2.18. The quantitative estimate of drug-likeness (QED) is 0.599. The van der Waals surface area contributed by atoms with Crippen LogP contribution in [0.25, 0.3) is 0 Å². The van der Waals surface area contributed by atoms with E-state index in [0.29, 0.717) is 0 Å². The lowest BCUT2D eigenvalue weighted by atomic mass is 9.84. The predicted molar refractivity (Wildman–Crippen MR) is 72.8 cm³/mol. The molecule has 0 aromatic rings. The smallest absolute Gasteiger partial charge is 0.00669 e. The molecule has 0 saturated heterocycles. The van der Waals surface area contributed by atoms with E-state index >= 15 is 0 Å². The van der Waals surface area contributed by atoms with Gasteiger partial charge in [0.2, 0.25) is 0 Å².